The third-order valence-electron chi connectivity index (χ3n) is 5.97. The molecule has 0 spiro atoms. The molecule has 0 unspecified atom stereocenters. The van der Waals surface area contributed by atoms with Crippen molar-refractivity contribution in [2.75, 3.05) is 46.5 Å². The second kappa shape index (κ2) is 12.7. The number of aliphatic imine (C=N–C) groups is 1. The lowest BCUT2D eigenvalue weighted by molar-refractivity contribution is -0.128. The van der Waals surface area contributed by atoms with Crippen LogP contribution in [0.25, 0.3) is 0 Å². The fourth-order valence-corrected chi connectivity index (χ4v) is 4.22. The van der Waals surface area contributed by atoms with E-state index in [9.17, 15) is 4.79 Å². The normalized spacial score (nSPS) is 18.1. The highest BCUT2D eigenvalue weighted by molar-refractivity contribution is 5.80. The van der Waals surface area contributed by atoms with Gasteiger partial charge in [0, 0.05) is 59.5 Å². The van der Waals surface area contributed by atoms with E-state index in [0.717, 1.165) is 71.0 Å². The van der Waals surface area contributed by atoms with Crippen molar-refractivity contribution >= 4 is 11.9 Å². The first-order chi connectivity index (χ1) is 15.2. The number of hydrogen-bond donors (Lipinski definition) is 1. The van der Waals surface area contributed by atoms with Crippen LogP contribution in [0.3, 0.4) is 0 Å². The molecule has 3 rings (SSSR count). The smallest absolute Gasteiger partial charge is 0.222 e. The number of carbonyl (C=O) groups is 1. The number of likely N-dealkylation sites (tertiary alicyclic amines) is 2. The lowest BCUT2D eigenvalue weighted by atomic mass is 10.1. The van der Waals surface area contributed by atoms with E-state index in [1.54, 1.807) is 7.11 Å². The van der Waals surface area contributed by atoms with Crippen LogP contribution >= 0.6 is 0 Å². The van der Waals surface area contributed by atoms with Crippen LogP contribution in [-0.2, 0) is 27.4 Å². The van der Waals surface area contributed by atoms with Crippen LogP contribution in [0.15, 0.2) is 29.3 Å². The molecule has 0 aliphatic carbocycles. The van der Waals surface area contributed by atoms with Crippen LogP contribution in [0.1, 0.15) is 50.2 Å². The molecule has 0 saturated carbocycles. The summed E-state index contributed by atoms with van der Waals surface area (Å²) < 4.78 is 11.1. The molecule has 7 heteroatoms. The SMILES string of the molecule is CCNC(=NCc1ccccc1CN1CCCC1=O)N1CCC(OCCCOC)CC1. The van der Waals surface area contributed by atoms with Gasteiger partial charge in [-0.1, -0.05) is 24.3 Å². The maximum atomic E-state index is 12.0. The first kappa shape index (κ1) is 23.5. The minimum Gasteiger partial charge on any atom is -0.385 e. The minimum atomic E-state index is 0.263. The molecule has 2 aliphatic rings. The van der Waals surface area contributed by atoms with Gasteiger partial charge in [-0.2, -0.15) is 0 Å². The summed E-state index contributed by atoms with van der Waals surface area (Å²) in [6.45, 7) is 8.54. The van der Waals surface area contributed by atoms with Gasteiger partial charge in [-0.25, -0.2) is 4.99 Å². The molecule has 172 valence electrons. The Hall–Kier alpha value is -2.12. The van der Waals surface area contributed by atoms with Crippen LogP contribution in [0.4, 0.5) is 0 Å². The number of ether oxygens (including phenoxy) is 2. The fraction of sp³-hybridized carbons (Fsp3) is 0.667. The maximum absolute atomic E-state index is 12.0. The molecule has 7 nitrogen and oxygen atoms in total. The van der Waals surface area contributed by atoms with E-state index in [1.165, 1.54) is 11.1 Å². The third kappa shape index (κ3) is 7.21. The Kier molecular flexibility index (Phi) is 9.62. The summed E-state index contributed by atoms with van der Waals surface area (Å²) in [5, 5.41) is 3.45. The minimum absolute atomic E-state index is 0.263. The van der Waals surface area contributed by atoms with E-state index in [0.29, 0.717) is 25.6 Å². The molecule has 1 N–H and O–H groups in total. The predicted molar refractivity (Wildman–Crippen MR) is 123 cm³/mol. The van der Waals surface area contributed by atoms with Crippen LogP contribution in [0, 0.1) is 0 Å². The summed E-state index contributed by atoms with van der Waals surface area (Å²) in [6, 6.07) is 8.35. The molecule has 1 aromatic carbocycles. The summed E-state index contributed by atoms with van der Waals surface area (Å²) in [5.74, 6) is 1.23. The van der Waals surface area contributed by atoms with Gasteiger partial charge in [0.05, 0.1) is 12.6 Å². The number of nitrogens with zero attached hydrogens (tertiary/aromatic N) is 3. The van der Waals surface area contributed by atoms with Crippen molar-refractivity contribution in [1.82, 2.24) is 15.1 Å². The number of methoxy groups -OCH3 is 1. The topological polar surface area (TPSA) is 66.4 Å². The molecule has 2 heterocycles. The van der Waals surface area contributed by atoms with Crippen molar-refractivity contribution in [3.63, 3.8) is 0 Å². The fourth-order valence-electron chi connectivity index (χ4n) is 4.22. The Morgan fingerprint density at radius 3 is 2.61 bits per heavy atom. The molecule has 0 aromatic heterocycles. The van der Waals surface area contributed by atoms with Gasteiger partial charge >= 0.3 is 0 Å². The van der Waals surface area contributed by atoms with Crippen LogP contribution in [-0.4, -0.2) is 74.3 Å². The van der Waals surface area contributed by atoms with E-state index < -0.39 is 0 Å². The molecular formula is C24H38N4O3. The highest BCUT2D eigenvalue weighted by Crippen LogP contribution is 2.19. The summed E-state index contributed by atoms with van der Waals surface area (Å²) in [4.78, 5) is 21.3. The Morgan fingerprint density at radius 1 is 1.16 bits per heavy atom. The second-order valence-electron chi connectivity index (χ2n) is 8.26. The van der Waals surface area contributed by atoms with Gasteiger partial charge in [0.2, 0.25) is 5.91 Å². The van der Waals surface area contributed by atoms with Crippen molar-refractivity contribution in [3.8, 4) is 0 Å². The van der Waals surface area contributed by atoms with Gasteiger partial charge in [0.1, 0.15) is 0 Å². The van der Waals surface area contributed by atoms with Crippen molar-refractivity contribution in [2.45, 2.75) is 58.2 Å². The van der Waals surface area contributed by atoms with Crippen LogP contribution < -0.4 is 5.32 Å². The summed E-state index contributed by atoms with van der Waals surface area (Å²) >= 11 is 0. The number of amides is 1. The largest absolute Gasteiger partial charge is 0.385 e. The molecular weight excluding hydrogens is 392 g/mol. The Labute approximate surface area is 186 Å². The van der Waals surface area contributed by atoms with Crippen molar-refractivity contribution in [3.05, 3.63) is 35.4 Å². The number of benzene rings is 1. The zero-order valence-corrected chi connectivity index (χ0v) is 19.1. The summed E-state index contributed by atoms with van der Waals surface area (Å²) in [7, 11) is 1.73. The van der Waals surface area contributed by atoms with Gasteiger partial charge < -0.3 is 24.6 Å². The lowest BCUT2D eigenvalue weighted by Gasteiger charge is -2.34. The average Bonchev–Trinajstić information content (AvgIpc) is 3.20. The highest BCUT2D eigenvalue weighted by Gasteiger charge is 2.23. The zero-order valence-electron chi connectivity index (χ0n) is 19.1. The standard InChI is InChI=1S/C24H38N4O3/c1-3-25-24(27-14-11-22(12-15-27)31-17-7-16-30-2)26-18-20-8-4-5-9-21(20)19-28-13-6-10-23(28)29/h4-5,8-9,22H,3,6-7,10-19H2,1-2H3,(H,25,26). The second-order valence-corrected chi connectivity index (χ2v) is 8.26. The van der Waals surface area contributed by atoms with Gasteiger partial charge in [0.25, 0.3) is 0 Å². The molecule has 0 atom stereocenters. The lowest BCUT2D eigenvalue weighted by Crippen LogP contribution is -2.47. The van der Waals surface area contributed by atoms with Gasteiger partial charge in [0.15, 0.2) is 5.96 Å². The number of rotatable bonds is 10. The van der Waals surface area contributed by atoms with E-state index in [4.69, 9.17) is 14.5 Å². The molecule has 31 heavy (non-hydrogen) atoms. The van der Waals surface area contributed by atoms with E-state index in [2.05, 4.69) is 35.3 Å². The molecule has 2 saturated heterocycles. The van der Waals surface area contributed by atoms with Crippen LogP contribution in [0.2, 0.25) is 0 Å². The van der Waals surface area contributed by atoms with E-state index in [-0.39, 0.29) is 5.91 Å². The third-order valence-corrected chi connectivity index (χ3v) is 5.97. The van der Waals surface area contributed by atoms with Crippen molar-refractivity contribution < 1.29 is 14.3 Å². The predicted octanol–water partition coefficient (Wildman–Crippen LogP) is 2.79. The average molecular weight is 431 g/mol. The van der Waals surface area contributed by atoms with Crippen molar-refractivity contribution in [2.24, 2.45) is 4.99 Å². The zero-order chi connectivity index (χ0) is 21.9. The molecule has 2 aliphatic heterocycles. The van der Waals surface area contributed by atoms with E-state index >= 15 is 0 Å². The Morgan fingerprint density at radius 2 is 1.94 bits per heavy atom. The number of nitrogens with one attached hydrogen (secondary N) is 1. The summed E-state index contributed by atoms with van der Waals surface area (Å²) in [6.07, 6.45) is 4.96. The molecule has 2 fully saturated rings. The van der Waals surface area contributed by atoms with Crippen LogP contribution in [0.5, 0.6) is 0 Å². The monoisotopic (exact) mass is 430 g/mol. The number of piperidine rings is 1. The van der Waals surface area contributed by atoms with E-state index in [1.807, 2.05) is 11.0 Å². The van der Waals surface area contributed by atoms with Gasteiger partial charge in [-0.05, 0) is 43.7 Å². The molecule has 0 bridgehead atoms. The molecule has 1 aromatic rings. The quantitative estimate of drug-likeness (QED) is 0.351. The Balaban J connectivity index is 1.56. The maximum Gasteiger partial charge on any atom is 0.222 e. The molecule has 1 amide bonds. The highest BCUT2D eigenvalue weighted by atomic mass is 16.5. The van der Waals surface area contributed by atoms with Gasteiger partial charge in [-0.15, -0.1) is 0 Å². The van der Waals surface area contributed by atoms with Gasteiger partial charge in [-0.3, -0.25) is 4.79 Å². The number of guanidine groups is 1. The first-order valence-corrected chi connectivity index (χ1v) is 11.7. The number of hydrogen-bond acceptors (Lipinski definition) is 4. The first-order valence-electron chi connectivity index (χ1n) is 11.7. The van der Waals surface area contributed by atoms with Crippen molar-refractivity contribution in [1.29, 1.82) is 0 Å². The number of carbonyl (C=O) groups excluding carboxylic acids is 1. The Bertz CT molecular complexity index is 717. The summed E-state index contributed by atoms with van der Waals surface area (Å²) in [5.41, 5.74) is 2.38. The molecule has 0 radical (unpaired) electrons.